The predicted molar refractivity (Wildman–Crippen MR) is 124 cm³/mol. The Bertz CT molecular complexity index is 1110. The van der Waals surface area contributed by atoms with Gasteiger partial charge in [0.2, 0.25) is 5.88 Å². The van der Waals surface area contributed by atoms with Crippen LogP contribution in [-0.4, -0.2) is 33.1 Å². The van der Waals surface area contributed by atoms with Gasteiger partial charge in [-0.15, -0.1) is 0 Å². The lowest BCUT2D eigenvalue weighted by atomic mass is 10.0. The Morgan fingerprint density at radius 2 is 2.00 bits per heavy atom. The number of benzene rings is 1. The molecule has 1 amide bonds. The van der Waals surface area contributed by atoms with E-state index in [4.69, 9.17) is 16.3 Å². The highest BCUT2D eigenvalue weighted by molar-refractivity contribution is 6.30. The molecule has 7 heteroatoms. The Labute approximate surface area is 192 Å². The van der Waals surface area contributed by atoms with Crippen molar-refractivity contribution in [2.75, 3.05) is 6.54 Å². The van der Waals surface area contributed by atoms with Crippen LogP contribution in [0.3, 0.4) is 0 Å². The first-order valence-corrected chi connectivity index (χ1v) is 11.0. The summed E-state index contributed by atoms with van der Waals surface area (Å²) in [6, 6.07) is 12.9. The van der Waals surface area contributed by atoms with Crippen molar-refractivity contribution >= 4 is 17.5 Å². The highest BCUT2D eigenvalue weighted by Gasteiger charge is 2.40. The van der Waals surface area contributed by atoms with Crippen LogP contribution in [0.15, 0.2) is 54.9 Å². The van der Waals surface area contributed by atoms with E-state index in [0.29, 0.717) is 22.0 Å². The van der Waals surface area contributed by atoms with Gasteiger partial charge in [-0.2, -0.15) is 0 Å². The Kier molecular flexibility index (Phi) is 6.44. The van der Waals surface area contributed by atoms with Gasteiger partial charge in [-0.3, -0.25) is 9.78 Å². The number of aromatic nitrogens is 2. The average Bonchev–Trinajstić information content (AvgIpc) is 3.64. The third kappa shape index (κ3) is 5.26. The molecular formula is C25H26ClN3O3. The Morgan fingerprint density at radius 3 is 2.69 bits per heavy atom. The standard InChI is InChI=1S/C25H26ClN3O3/c1-16-4-3-11-27-22(16)14-32-24-21(17-5-9-20(26)10-6-17)12-18(13-28-24)23(30)29-15-25(2,31)19-7-8-19/h3-6,9-13,19,31H,7-8,14-15H2,1-2H3,(H,29,30). The largest absolute Gasteiger partial charge is 0.471 e. The molecule has 6 nitrogen and oxygen atoms in total. The number of hydrogen-bond acceptors (Lipinski definition) is 5. The fourth-order valence-electron chi connectivity index (χ4n) is 3.54. The summed E-state index contributed by atoms with van der Waals surface area (Å²) in [6.07, 6.45) is 5.20. The zero-order chi connectivity index (χ0) is 22.7. The van der Waals surface area contributed by atoms with E-state index < -0.39 is 5.60 Å². The van der Waals surface area contributed by atoms with E-state index in [2.05, 4.69) is 15.3 Å². The van der Waals surface area contributed by atoms with Gasteiger partial charge in [0.25, 0.3) is 5.91 Å². The summed E-state index contributed by atoms with van der Waals surface area (Å²) in [5.74, 6) is 0.357. The molecule has 32 heavy (non-hydrogen) atoms. The number of rotatable bonds is 8. The molecule has 1 aromatic carbocycles. The van der Waals surface area contributed by atoms with Crippen LogP contribution in [0.2, 0.25) is 5.02 Å². The van der Waals surface area contributed by atoms with Crippen molar-refractivity contribution < 1.29 is 14.6 Å². The second-order valence-electron chi connectivity index (χ2n) is 8.45. The van der Waals surface area contributed by atoms with Crippen LogP contribution >= 0.6 is 11.6 Å². The van der Waals surface area contributed by atoms with Crippen molar-refractivity contribution in [1.82, 2.24) is 15.3 Å². The number of halogens is 1. The number of amides is 1. The fraction of sp³-hybridized carbons (Fsp3) is 0.320. The highest BCUT2D eigenvalue weighted by Crippen LogP contribution is 2.39. The van der Waals surface area contributed by atoms with Crippen molar-refractivity contribution in [2.24, 2.45) is 5.92 Å². The maximum Gasteiger partial charge on any atom is 0.252 e. The lowest BCUT2D eigenvalue weighted by molar-refractivity contribution is 0.0354. The summed E-state index contributed by atoms with van der Waals surface area (Å²) < 4.78 is 6.00. The van der Waals surface area contributed by atoms with Gasteiger partial charge in [-0.05, 0) is 68.0 Å². The van der Waals surface area contributed by atoms with Gasteiger partial charge in [0.15, 0.2) is 0 Å². The molecule has 1 aliphatic carbocycles. The molecule has 1 fully saturated rings. The number of hydrogen-bond donors (Lipinski definition) is 2. The minimum atomic E-state index is -0.897. The molecule has 2 heterocycles. The summed E-state index contributed by atoms with van der Waals surface area (Å²) in [5.41, 5.74) is 2.85. The van der Waals surface area contributed by atoms with Crippen LogP contribution in [0.25, 0.3) is 11.1 Å². The first-order chi connectivity index (χ1) is 15.3. The van der Waals surface area contributed by atoms with Gasteiger partial charge in [0, 0.05) is 29.5 Å². The number of aryl methyl sites for hydroxylation is 1. The van der Waals surface area contributed by atoms with Crippen molar-refractivity contribution in [3.63, 3.8) is 0 Å². The number of pyridine rings is 2. The summed E-state index contributed by atoms with van der Waals surface area (Å²) in [7, 11) is 0. The molecule has 1 atom stereocenters. The quantitative estimate of drug-likeness (QED) is 0.523. The van der Waals surface area contributed by atoms with E-state index in [-0.39, 0.29) is 25.0 Å². The molecule has 3 aromatic rings. The molecule has 2 N–H and O–H groups in total. The third-order valence-electron chi connectivity index (χ3n) is 5.80. The summed E-state index contributed by atoms with van der Waals surface area (Å²) in [5, 5.41) is 13.9. The zero-order valence-corrected chi connectivity index (χ0v) is 18.9. The molecule has 0 spiro atoms. The predicted octanol–water partition coefficient (Wildman–Crippen LogP) is 4.58. The van der Waals surface area contributed by atoms with E-state index in [1.54, 1.807) is 31.3 Å². The molecule has 0 saturated heterocycles. The average molecular weight is 452 g/mol. The molecule has 0 bridgehead atoms. The molecule has 0 radical (unpaired) electrons. The summed E-state index contributed by atoms with van der Waals surface area (Å²) >= 11 is 6.05. The van der Waals surface area contributed by atoms with Crippen LogP contribution in [0.5, 0.6) is 5.88 Å². The van der Waals surface area contributed by atoms with Crippen molar-refractivity contribution in [3.8, 4) is 17.0 Å². The van der Waals surface area contributed by atoms with Gasteiger partial charge in [-0.1, -0.05) is 29.8 Å². The molecule has 4 rings (SSSR count). The zero-order valence-electron chi connectivity index (χ0n) is 18.1. The number of carbonyl (C=O) groups excluding carboxylic acids is 1. The smallest absolute Gasteiger partial charge is 0.252 e. The number of ether oxygens (including phenoxy) is 1. The van der Waals surface area contributed by atoms with E-state index in [1.165, 1.54) is 6.20 Å². The third-order valence-corrected chi connectivity index (χ3v) is 6.05. The normalized spacial score (nSPS) is 15.1. The first-order valence-electron chi connectivity index (χ1n) is 10.6. The minimum absolute atomic E-state index is 0.198. The fourth-order valence-corrected chi connectivity index (χ4v) is 3.67. The molecule has 2 aromatic heterocycles. The Balaban J connectivity index is 1.57. The lowest BCUT2D eigenvalue weighted by Gasteiger charge is -2.23. The number of carbonyl (C=O) groups is 1. The second kappa shape index (κ2) is 9.27. The van der Waals surface area contributed by atoms with Crippen LogP contribution in [0.1, 0.15) is 41.4 Å². The van der Waals surface area contributed by atoms with E-state index in [9.17, 15) is 9.90 Å². The first kappa shape index (κ1) is 22.2. The maximum absolute atomic E-state index is 12.8. The molecule has 1 saturated carbocycles. The molecule has 1 aliphatic rings. The van der Waals surface area contributed by atoms with Gasteiger partial charge in [0.05, 0.1) is 16.9 Å². The summed E-state index contributed by atoms with van der Waals surface area (Å²) in [6.45, 7) is 4.20. The SMILES string of the molecule is Cc1cccnc1COc1ncc(C(=O)NCC(C)(O)C2CC2)cc1-c1ccc(Cl)cc1. The monoisotopic (exact) mass is 451 g/mol. The number of nitrogens with one attached hydrogen (secondary N) is 1. The lowest BCUT2D eigenvalue weighted by Crippen LogP contribution is -2.42. The van der Waals surface area contributed by atoms with Crippen LogP contribution < -0.4 is 10.1 Å². The number of aliphatic hydroxyl groups is 1. The van der Waals surface area contributed by atoms with E-state index in [1.807, 2.05) is 31.2 Å². The van der Waals surface area contributed by atoms with Gasteiger partial charge in [-0.25, -0.2) is 4.98 Å². The topological polar surface area (TPSA) is 84.3 Å². The van der Waals surface area contributed by atoms with Crippen LogP contribution in [0, 0.1) is 12.8 Å². The van der Waals surface area contributed by atoms with Gasteiger partial charge >= 0.3 is 0 Å². The van der Waals surface area contributed by atoms with Gasteiger partial charge in [0.1, 0.15) is 6.61 Å². The van der Waals surface area contributed by atoms with Crippen LogP contribution in [-0.2, 0) is 6.61 Å². The maximum atomic E-state index is 12.8. The van der Waals surface area contributed by atoms with Crippen molar-refractivity contribution in [3.05, 3.63) is 76.7 Å². The molecular weight excluding hydrogens is 426 g/mol. The Morgan fingerprint density at radius 1 is 1.25 bits per heavy atom. The van der Waals surface area contributed by atoms with Gasteiger partial charge < -0.3 is 15.2 Å². The van der Waals surface area contributed by atoms with Crippen LogP contribution in [0.4, 0.5) is 0 Å². The molecule has 166 valence electrons. The Hall–Kier alpha value is -2.96. The highest BCUT2D eigenvalue weighted by atomic mass is 35.5. The molecule has 0 aliphatic heterocycles. The number of nitrogens with zero attached hydrogens (tertiary/aromatic N) is 2. The second-order valence-corrected chi connectivity index (χ2v) is 8.89. The molecule has 1 unspecified atom stereocenters. The van der Waals surface area contributed by atoms with Crippen molar-refractivity contribution in [2.45, 2.75) is 38.9 Å². The van der Waals surface area contributed by atoms with E-state index >= 15 is 0 Å². The minimum Gasteiger partial charge on any atom is -0.471 e. The summed E-state index contributed by atoms with van der Waals surface area (Å²) in [4.78, 5) is 21.6. The van der Waals surface area contributed by atoms with Crippen molar-refractivity contribution in [1.29, 1.82) is 0 Å². The van der Waals surface area contributed by atoms with E-state index in [0.717, 1.165) is 29.7 Å².